The molecule has 0 aliphatic carbocycles. The minimum Gasteiger partial charge on any atom is -0.362 e. The van der Waals surface area contributed by atoms with Gasteiger partial charge in [0.2, 0.25) is 5.91 Å². The van der Waals surface area contributed by atoms with Crippen LogP contribution in [0.2, 0.25) is 0 Å². The van der Waals surface area contributed by atoms with Gasteiger partial charge in [0.05, 0.1) is 19.7 Å². The van der Waals surface area contributed by atoms with Crippen LogP contribution in [0.25, 0.3) is 0 Å². The molecule has 0 bridgehead atoms. The van der Waals surface area contributed by atoms with Gasteiger partial charge in [0, 0.05) is 29.8 Å². The maximum atomic E-state index is 13.0. The third kappa shape index (κ3) is 7.91. The molecule has 15 heteroatoms. The summed E-state index contributed by atoms with van der Waals surface area (Å²) >= 11 is 0. The number of nitrogens with zero attached hydrogens (tertiary/aromatic N) is 4. The second-order valence-electron chi connectivity index (χ2n) is 9.51. The summed E-state index contributed by atoms with van der Waals surface area (Å²) in [6.07, 6.45) is 1.24. The predicted octanol–water partition coefficient (Wildman–Crippen LogP) is 4.82. The smallest absolute Gasteiger partial charge is 0.299 e. The van der Waals surface area contributed by atoms with Gasteiger partial charge in [0.25, 0.3) is 22.7 Å². The van der Waals surface area contributed by atoms with Crippen molar-refractivity contribution < 1.29 is 24.5 Å². The van der Waals surface area contributed by atoms with Crippen LogP contribution in [0.4, 0.5) is 28.4 Å². The molecule has 204 valence electrons. The molecule has 1 atom stereocenters. The largest absolute Gasteiger partial charge is 0.362 e. The highest BCUT2D eigenvalue weighted by molar-refractivity contribution is 5.87. The van der Waals surface area contributed by atoms with Crippen molar-refractivity contribution in [1.29, 1.82) is 0 Å². The summed E-state index contributed by atoms with van der Waals surface area (Å²) in [7, 11) is 0. The Morgan fingerprint density at radius 2 is 1.21 bits per heavy atom. The van der Waals surface area contributed by atoms with Gasteiger partial charge >= 0.3 is 0 Å². The van der Waals surface area contributed by atoms with Crippen molar-refractivity contribution in [3.63, 3.8) is 0 Å². The molecule has 2 aromatic carbocycles. The molecule has 0 spiro atoms. The molecule has 38 heavy (non-hydrogen) atoms. The topological polar surface area (TPSA) is 214 Å². The van der Waals surface area contributed by atoms with Gasteiger partial charge < -0.3 is 10.6 Å². The molecule has 2 rings (SSSR count). The van der Waals surface area contributed by atoms with E-state index in [2.05, 4.69) is 10.6 Å². The lowest BCUT2D eigenvalue weighted by molar-refractivity contribution is -0.395. The zero-order valence-electron chi connectivity index (χ0n) is 21.0. The van der Waals surface area contributed by atoms with Gasteiger partial charge in [0.15, 0.2) is 5.69 Å². The fourth-order valence-electron chi connectivity index (χ4n) is 3.87. The molecular formula is C23H28N6O9. The summed E-state index contributed by atoms with van der Waals surface area (Å²) < 4.78 is 0. The lowest BCUT2D eigenvalue weighted by Gasteiger charge is -2.26. The van der Waals surface area contributed by atoms with E-state index in [1.807, 2.05) is 0 Å². The van der Waals surface area contributed by atoms with Crippen LogP contribution in [0.5, 0.6) is 0 Å². The Hall–Kier alpha value is -4.69. The Bertz CT molecular complexity index is 1180. The molecule has 2 aromatic rings. The van der Waals surface area contributed by atoms with Gasteiger partial charge in [-0.05, 0) is 52.2 Å². The average molecular weight is 533 g/mol. The van der Waals surface area contributed by atoms with E-state index >= 15 is 0 Å². The van der Waals surface area contributed by atoms with E-state index < -0.39 is 54.2 Å². The number of benzene rings is 2. The summed E-state index contributed by atoms with van der Waals surface area (Å²) in [6.45, 7) is 5.19. The summed E-state index contributed by atoms with van der Waals surface area (Å²) in [5.74, 6) is -0.528. The monoisotopic (exact) mass is 532 g/mol. The number of nitro benzene ring substituents is 4. The Morgan fingerprint density at radius 3 is 1.63 bits per heavy atom. The molecule has 0 aromatic heterocycles. The van der Waals surface area contributed by atoms with E-state index in [9.17, 15) is 45.3 Å². The van der Waals surface area contributed by atoms with Crippen molar-refractivity contribution in [2.45, 2.75) is 64.5 Å². The van der Waals surface area contributed by atoms with E-state index in [1.165, 1.54) is 24.3 Å². The quantitative estimate of drug-likeness (QED) is 0.204. The van der Waals surface area contributed by atoms with Crippen LogP contribution in [0.15, 0.2) is 36.4 Å². The van der Waals surface area contributed by atoms with Crippen molar-refractivity contribution in [3.05, 3.63) is 82.4 Å². The number of nitrogens with one attached hydrogen (secondary N) is 2. The third-order valence-corrected chi connectivity index (χ3v) is 5.49. The number of hydrogen-bond acceptors (Lipinski definition) is 10. The summed E-state index contributed by atoms with van der Waals surface area (Å²) in [5, 5.41) is 51.1. The molecular weight excluding hydrogens is 504 g/mol. The van der Waals surface area contributed by atoms with Crippen LogP contribution >= 0.6 is 0 Å². The highest BCUT2D eigenvalue weighted by Gasteiger charge is 2.30. The van der Waals surface area contributed by atoms with Crippen LogP contribution in [0.3, 0.4) is 0 Å². The molecule has 0 unspecified atom stereocenters. The Labute approximate surface area is 216 Å². The van der Waals surface area contributed by atoms with E-state index in [1.54, 1.807) is 20.8 Å². The van der Waals surface area contributed by atoms with Gasteiger partial charge in [-0.1, -0.05) is 12.8 Å². The number of nitro groups is 4. The average Bonchev–Trinajstić information content (AvgIpc) is 2.81. The van der Waals surface area contributed by atoms with Crippen molar-refractivity contribution in [1.82, 2.24) is 5.32 Å². The second-order valence-corrected chi connectivity index (χ2v) is 9.51. The molecule has 2 N–H and O–H groups in total. The van der Waals surface area contributed by atoms with Gasteiger partial charge in [0.1, 0.15) is 11.6 Å². The summed E-state index contributed by atoms with van der Waals surface area (Å²) in [5.41, 5.74) is -2.88. The van der Waals surface area contributed by atoms with Crippen LogP contribution in [0.1, 0.15) is 52.0 Å². The molecule has 0 aliphatic rings. The first kappa shape index (κ1) is 29.5. The Kier molecular flexibility index (Phi) is 9.73. The zero-order chi connectivity index (χ0) is 28.6. The minimum absolute atomic E-state index is 0.00168. The molecule has 0 saturated heterocycles. The first-order valence-corrected chi connectivity index (χ1v) is 11.6. The SMILES string of the molecule is CC(C)(C)NC(=O)[C@H](CCCCCc1c([N+](=O)[O-])cccc1[N+](=O)[O-])Nc1c([N+](=O)[O-])cccc1[N+](=O)[O-]. The summed E-state index contributed by atoms with van der Waals surface area (Å²) in [6, 6.07) is 5.91. The highest BCUT2D eigenvalue weighted by Crippen LogP contribution is 2.35. The molecule has 0 saturated carbocycles. The lowest BCUT2D eigenvalue weighted by Crippen LogP contribution is -2.48. The van der Waals surface area contributed by atoms with Gasteiger partial charge in [-0.25, -0.2) is 0 Å². The van der Waals surface area contributed by atoms with Crippen molar-refractivity contribution in [3.8, 4) is 0 Å². The lowest BCUT2D eigenvalue weighted by atomic mass is 10.00. The molecule has 0 aliphatic heterocycles. The number of carbonyl (C=O) groups is 1. The number of carbonyl (C=O) groups excluding carboxylic acids is 1. The van der Waals surface area contributed by atoms with Gasteiger partial charge in [-0.2, -0.15) is 0 Å². The van der Waals surface area contributed by atoms with Crippen LogP contribution in [-0.2, 0) is 11.2 Å². The number of hydrogen-bond donors (Lipinski definition) is 2. The fourth-order valence-corrected chi connectivity index (χ4v) is 3.87. The molecule has 0 radical (unpaired) electrons. The highest BCUT2D eigenvalue weighted by atomic mass is 16.6. The fraction of sp³-hybridized carbons (Fsp3) is 0.435. The predicted molar refractivity (Wildman–Crippen MR) is 137 cm³/mol. The van der Waals surface area contributed by atoms with Crippen LogP contribution in [-0.4, -0.2) is 37.2 Å². The van der Waals surface area contributed by atoms with E-state index in [-0.39, 0.29) is 29.8 Å². The zero-order valence-corrected chi connectivity index (χ0v) is 21.0. The first-order chi connectivity index (χ1) is 17.7. The number of amides is 1. The number of rotatable bonds is 13. The van der Waals surface area contributed by atoms with Crippen LogP contribution < -0.4 is 10.6 Å². The number of para-hydroxylation sites is 1. The summed E-state index contributed by atoms with van der Waals surface area (Å²) in [4.78, 5) is 55.7. The number of anilines is 1. The number of unbranched alkanes of at least 4 members (excludes halogenated alkanes) is 2. The van der Waals surface area contributed by atoms with E-state index in [0.29, 0.717) is 19.3 Å². The molecule has 0 heterocycles. The first-order valence-electron chi connectivity index (χ1n) is 11.6. The molecule has 0 fully saturated rings. The normalized spacial score (nSPS) is 11.9. The van der Waals surface area contributed by atoms with Crippen molar-refractivity contribution in [2.75, 3.05) is 5.32 Å². The minimum atomic E-state index is -1.07. The maximum absolute atomic E-state index is 13.0. The van der Waals surface area contributed by atoms with Gasteiger partial charge in [-0.3, -0.25) is 45.3 Å². The third-order valence-electron chi connectivity index (χ3n) is 5.49. The van der Waals surface area contributed by atoms with E-state index in [4.69, 9.17) is 0 Å². The Morgan fingerprint density at radius 1 is 0.763 bits per heavy atom. The maximum Gasteiger partial charge on any atom is 0.299 e. The van der Waals surface area contributed by atoms with Crippen LogP contribution in [0, 0.1) is 40.5 Å². The van der Waals surface area contributed by atoms with Gasteiger partial charge in [-0.15, -0.1) is 0 Å². The molecule has 15 nitrogen and oxygen atoms in total. The Balaban J connectivity index is 2.22. The van der Waals surface area contributed by atoms with Crippen molar-refractivity contribution in [2.24, 2.45) is 0 Å². The van der Waals surface area contributed by atoms with E-state index in [0.717, 1.165) is 12.1 Å². The van der Waals surface area contributed by atoms with Crippen molar-refractivity contribution >= 4 is 34.3 Å². The standard InChI is InChI=1S/C23H28N6O9/c1-23(2,3)25-22(30)16(24-21-19(28(35)36)13-8-14-20(21)29(37)38)10-6-4-5-9-15-17(26(31)32)11-7-12-18(15)27(33)34/h7-8,11-14,16,24H,4-6,9-10H2,1-3H3,(H,25,30)/t16-/m0/s1. The second kappa shape index (κ2) is 12.5. The molecule has 1 amide bonds.